The maximum Gasteiger partial charge on any atom is 0.416 e. The van der Waals surface area contributed by atoms with E-state index in [0.29, 0.717) is 18.2 Å². The van der Waals surface area contributed by atoms with Crippen LogP contribution < -0.4 is 11.1 Å². The van der Waals surface area contributed by atoms with Crippen molar-refractivity contribution in [1.29, 1.82) is 0 Å². The number of alkyl halides is 6. The molecule has 2 aliphatic rings. The van der Waals surface area contributed by atoms with E-state index in [1.54, 1.807) is 0 Å². The highest BCUT2D eigenvalue weighted by Crippen LogP contribution is 2.40. The summed E-state index contributed by atoms with van der Waals surface area (Å²) in [6, 6.07) is 12.2. The van der Waals surface area contributed by atoms with Crippen LogP contribution in [0.2, 0.25) is 0 Å². The Hall–Kier alpha value is -2.79. The number of nitrogens with one attached hydrogen (secondary N) is 1. The lowest BCUT2D eigenvalue weighted by atomic mass is 9.77. The van der Waals surface area contributed by atoms with Crippen LogP contribution >= 0.6 is 0 Å². The van der Waals surface area contributed by atoms with Crippen LogP contribution in [0.1, 0.15) is 67.0 Å². The third-order valence-corrected chi connectivity index (χ3v) is 6.95. The molecule has 2 bridgehead atoms. The van der Waals surface area contributed by atoms with Crippen LogP contribution in [0.3, 0.4) is 0 Å². The number of amides is 2. The van der Waals surface area contributed by atoms with Gasteiger partial charge in [0.25, 0.3) is 0 Å². The summed E-state index contributed by atoms with van der Waals surface area (Å²) in [5.74, 6) is 0. The minimum Gasteiger partial charge on any atom is -0.377 e. The van der Waals surface area contributed by atoms with E-state index < -0.39 is 29.6 Å². The second kappa shape index (κ2) is 11.3. The molecular formula is C26H31F6N3O2. The van der Waals surface area contributed by atoms with Crippen molar-refractivity contribution >= 4 is 6.03 Å². The Morgan fingerprint density at radius 3 is 2.16 bits per heavy atom. The minimum absolute atomic E-state index is 0.0879. The van der Waals surface area contributed by atoms with Gasteiger partial charge in [0.2, 0.25) is 0 Å². The van der Waals surface area contributed by atoms with Gasteiger partial charge in [-0.15, -0.1) is 0 Å². The summed E-state index contributed by atoms with van der Waals surface area (Å²) in [6.45, 7) is 3.41. The Bertz CT molecular complexity index is 1030. The maximum absolute atomic E-state index is 12.5. The van der Waals surface area contributed by atoms with Gasteiger partial charge in [-0.2, -0.15) is 26.3 Å². The molecule has 2 amide bonds. The van der Waals surface area contributed by atoms with Gasteiger partial charge in [-0.05, 0) is 68.5 Å². The number of piperidine rings is 2. The Labute approximate surface area is 212 Å². The van der Waals surface area contributed by atoms with Crippen molar-refractivity contribution < 1.29 is 35.9 Å². The van der Waals surface area contributed by atoms with Gasteiger partial charge in [0.05, 0.1) is 22.8 Å². The molecule has 4 atom stereocenters. The topological polar surface area (TPSA) is 67.6 Å². The van der Waals surface area contributed by atoms with E-state index in [0.717, 1.165) is 38.8 Å². The number of primary amides is 1. The maximum atomic E-state index is 12.5. The number of nitrogens with zero attached hydrogens (tertiary/aromatic N) is 1. The van der Waals surface area contributed by atoms with Crippen molar-refractivity contribution in [1.82, 2.24) is 10.2 Å². The van der Waals surface area contributed by atoms with E-state index in [-0.39, 0.29) is 23.2 Å². The number of rotatable bonds is 4. The lowest BCUT2D eigenvalue weighted by molar-refractivity contribution is -0.143. The quantitative estimate of drug-likeness (QED) is 0.446. The number of carbonyl (C=O) groups is 1. The van der Waals surface area contributed by atoms with E-state index in [9.17, 15) is 31.1 Å². The number of hydrogen-bond donors (Lipinski definition) is 2. The van der Waals surface area contributed by atoms with Crippen molar-refractivity contribution in [3.05, 3.63) is 70.8 Å². The van der Waals surface area contributed by atoms with Gasteiger partial charge in [0.15, 0.2) is 0 Å². The van der Waals surface area contributed by atoms with Crippen LogP contribution in [0, 0.1) is 0 Å². The van der Waals surface area contributed by atoms with Crippen LogP contribution in [-0.2, 0) is 17.1 Å². The molecule has 4 rings (SSSR count). The molecule has 1 unspecified atom stereocenters. The van der Waals surface area contributed by atoms with E-state index in [4.69, 9.17) is 10.5 Å². The number of benzene rings is 2. The molecule has 2 heterocycles. The molecule has 2 aromatic carbocycles. The summed E-state index contributed by atoms with van der Waals surface area (Å²) in [7, 11) is 1.21. The highest BCUT2D eigenvalue weighted by molar-refractivity contribution is 5.72. The average Bonchev–Trinajstić information content (AvgIpc) is 2.83. The van der Waals surface area contributed by atoms with Gasteiger partial charge in [0, 0.05) is 19.7 Å². The number of urea groups is 1. The molecule has 0 aromatic heterocycles. The zero-order valence-electron chi connectivity index (χ0n) is 20.6. The standard InChI is InChI=1S/C15H21N3O.C11H10F6O/c16-14(19)17-15-8-4-10-18(11-15)13(7-9-15)12-5-2-1-3-6-12;1-6(18-2)7-3-8(10(12,13)14)5-9(4-7)11(15,16)17/h1-3,5-6,13H,4,7-11H2,(H3,16,17,19);3-6H,1-2H3/t13-,15-;6-/m01/s1. The van der Waals surface area contributed by atoms with E-state index in [2.05, 4.69) is 40.5 Å². The van der Waals surface area contributed by atoms with Crippen molar-refractivity contribution in [2.24, 2.45) is 5.73 Å². The first-order valence-corrected chi connectivity index (χ1v) is 11.9. The van der Waals surface area contributed by atoms with E-state index >= 15 is 0 Å². The molecule has 2 fully saturated rings. The number of methoxy groups -OCH3 is 1. The molecule has 204 valence electrons. The van der Waals surface area contributed by atoms with Crippen molar-refractivity contribution in [2.75, 3.05) is 20.2 Å². The summed E-state index contributed by atoms with van der Waals surface area (Å²) < 4.78 is 79.7. The number of nitrogens with two attached hydrogens (primary N) is 1. The first-order valence-electron chi connectivity index (χ1n) is 11.9. The van der Waals surface area contributed by atoms with Crippen LogP contribution in [0.15, 0.2) is 48.5 Å². The third-order valence-electron chi connectivity index (χ3n) is 6.95. The lowest BCUT2D eigenvalue weighted by Gasteiger charge is -2.51. The van der Waals surface area contributed by atoms with Crippen molar-refractivity contribution in [2.45, 2.75) is 62.6 Å². The highest BCUT2D eigenvalue weighted by Gasteiger charge is 2.43. The molecule has 2 aliphatic heterocycles. The Balaban J connectivity index is 0.000000206. The number of hydrogen-bond acceptors (Lipinski definition) is 3. The molecule has 11 heteroatoms. The Morgan fingerprint density at radius 2 is 1.65 bits per heavy atom. The predicted octanol–water partition coefficient (Wildman–Crippen LogP) is 6.46. The summed E-state index contributed by atoms with van der Waals surface area (Å²) in [6.07, 6.45) is -6.23. The SMILES string of the molecule is CO[C@H](C)c1cc(C(F)(F)F)cc(C(F)(F)F)c1.NC(=O)N[C@]12CCCN(C1)[C@H](c1ccccc1)CC2. The van der Waals surface area contributed by atoms with Crippen molar-refractivity contribution in [3.8, 4) is 0 Å². The zero-order valence-corrected chi connectivity index (χ0v) is 20.6. The molecule has 5 nitrogen and oxygen atoms in total. The van der Waals surface area contributed by atoms with Gasteiger partial charge < -0.3 is 15.8 Å². The number of halogens is 6. The van der Waals surface area contributed by atoms with Gasteiger partial charge in [0.1, 0.15) is 0 Å². The Kier molecular flexibility index (Phi) is 8.79. The van der Waals surface area contributed by atoms with Gasteiger partial charge >= 0.3 is 18.4 Å². The lowest BCUT2D eigenvalue weighted by Crippen LogP contribution is -2.62. The largest absolute Gasteiger partial charge is 0.416 e. The molecule has 0 spiro atoms. The summed E-state index contributed by atoms with van der Waals surface area (Å²) in [5, 5.41) is 3.00. The van der Waals surface area contributed by atoms with Crippen LogP contribution in [0.25, 0.3) is 0 Å². The van der Waals surface area contributed by atoms with Crippen LogP contribution in [-0.4, -0.2) is 36.7 Å². The van der Waals surface area contributed by atoms with E-state index in [1.807, 2.05) is 0 Å². The first kappa shape index (κ1) is 28.8. The van der Waals surface area contributed by atoms with Crippen LogP contribution in [0.5, 0.6) is 0 Å². The molecule has 2 aromatic rings. The second-order valence-electron chi connectivity index (χ2n) is 9.53. The average molecular weight is 532 g/mol. The summed E-state index contributed by atoms with van der Waals surface area (Å²) >= 11 is 0. The molecule has 0 saturated carbocycles. The minimum atomic E-state index is -4.83. The smallest absolute Gasteiger partial charge is 0.377 e. The summed E-state index contributed by atoms with van der Waals surface area (Å²) in [4.78, 5) is 13.7. The predicted molar refractivity (Wildman–Crippen MR) is 127 cm³/mol. The zero-order chi connectivity index (χ0) is 27.4. The molecule has 2 saturated heterocycles. The second-order valence-corrected chi connectivity index (χ2v) is 9.53. The fourth-order valence-corrected chi connectivity index (χ4v) is 5.06. The van der Waals surface area contributed by atoms with Gasteiger partial charge in [-0.1, -0.05) is 30.3 Å². The van der Waals surface area contributed by atoms with Gasteiger partial charge in [-0.3, -0.25) is 4.90 Å². The monoisotopic (exact) mass is 531 g/mol. The molecule has 0 aliphatic carbocycles. The Morgan fingerprint density at radius 1 is 1.05 bits per heavy atom. The normalized spacial score (nSPS) is 24.4. The first-order chi connectivity index (χ1) is 17.2. The fraction of sp³-hybridized carbons (Fsp3) is 0.500. The highest BCUT2D eigenvalue weighted by atomic mass is 19.4. The van der Waals surface area contributed by atoms with Crippen LogP contribution in [0.4, 0.5) is 31.1 Å². The third kappa shape index (κ3) is 7.38. The number of carbonyl (C=O) groups excluding carboxylic acids is 1. The molecule has 0 radical (unpaired) electrons. The molecular weight excluding hydrogens is 500 g/mol. The van der Waals surface area contributed by atoms with Crippen molar-refractivity contribution in [3.63, 3.8) is 0 Å². The summed E-state index contributed by atoms with van der Waals surface area (Å²) in [5.41, 5.74) is 3.79. The molecule has 37 heavy (non-hydrogen) atoms. The fourth-order valence-electron chi connectivity index (χ4n) is 5.06. The number of ether oxygens (including phenoxy) is 1. The molecule has 3 N–H and O–H groups in total. The van der Waals surface area contributed by atoms with E-state index in [1.165, 1.54) is 19.6 Å². The van der Waals surface area contributed by atoms with Gasteiger partial charge in [-0.25, -0.2) is 4.79 Å². The number of fused-ring (bicyclic) bond motifs is 2.